The SMILES string of the molecule is CCC(=O)N1N=C(c2ccc(Cl)cc2Cl)C[C@@H]1c1ccc(OC)cc1. The highest BCUT2D eigenvalue weighted by Gasteiger charge is 2.32. The number of hydrogen-bond acceptors (Lipinski definition) is 3. The molecular formula is C19H18Cl2N2O2. The molecule has 1 heterocycles. The molecule has 0 fully saturated rings. The van der Waals surface area contributed by atoms with Crippen LogP contribution in [0.4, 0.5) is 0 Å². The van der Waals surface area contributed by atoms with Gasteiger partial charge in [0.1, 0.15) is 5.75 Å². The van der Waals surface area contributed by atoms with Gasteiger partial charge in [0.15, 0.2) is 0 Å². The number of rotatable bonds is 4. The standard InChI is InChI=1S/C19H18Cl2N2O2/c1-3-19(24)23-18(12-4-7-14(25-2)8-5-12)11-17(22-23)15-9-6-13(20)10-16(15)21/h4-10,18H,3,11H2,1-2H3/t18-/m1/s1. The van der Waals surface area contributed by atoms with Gasteiger partial charge in [-0.05, 0) is 29.8 Å². The van der Waals surface area contributed by atoms with Gasteiger partial charge in [0.25, 0.3) is 0 Å². The Morgan fingerprint density at radius 3 is 2.56 bits per heavy atom. The van der Waals surface area contributed by atoms with Gasteiger partial charge >= 0.3 is 0 Å². The zero-order valence-corrected chi connectivity index (χ0v) is 15.5. The zero-order valence-electron chi connectivity index (χ0n) is 14.0. The zero-order chi connectivity index (χ0) is 18.0. The molecule has 0 saturated carbocycles. The fraction of sp³-hybridized carbons (Fsp3) is 0.263. The van der Waals surface area contributed by atoms with Crippen LogP contribution in [0.5, 0.6) is 5.75 Å². The first-order valence-electron chi connectivity index (χ1n) is 8.02. The molecule has 0 radical (unpaired) electrons. The molecule has 25 heavy (non-hydrogen) atoms. The molecule has 1 amide bonds. The maximum atomic E-state index is 12.4. The van der Waals surface area contributed by atoms with Gasteiger partial charge in [-0.25, -0.2) is 5.01 Å². The summed E-state index contributed by atoms with van der Waals surface area (Å²) in [5.41, 5.74) is 2.59. The Kier molecular flexibility index (Phi) is 5.30. The van der Waals surface area contributed by atoms with E-state index in [1.165, 1.54) is 0 Å². The van der Waals surface area contributed by atoms with Crippen LogP contribution in [0.3, 0.4) is 0 Å². The molecule has 0 saturated heterocycles. The topological polar surface area (TPSA) is 41.9 Å². The molecular weight excluding hydrogens is 359 g/mol. The molecule has 1 aliphatic heterocycles. The molecule has 4 nitrogen and oxygen atoms in total. The lowest BCUT2D eigenvalue weighted by atomic mass is 9.98. The molecule has 6 heteroatoms. The Morgan fingerprint density at radius 2 is 1.96 bits per heavy atom. The Balaban J connectivity index is 1.96. The smallest absolute Gasteiger partial charge is 0.242 e. The Hall–Kier alpha value is -2.04. The third-order valence-corrected chi connectivity index (χ3v) is 4.76. The lowest BCUT2D eigenvalue weighted by Gasteiger charge is -2.21. The minimum absolute atomic E-state index is 0.0269. The van der Waals surface area contributed by atoms with Gasteiger partial charge in [0, 0.05) is 23.4 Å². The molecule has 0 spiro atoms. The quantitative estimate of drug-likeness (QED) is 0.745. The van der Waals surface area contributed by atoms with Gasteiger partial charge in [-0.2, -0.15) is 5.10 Å². The Morgan fingerprint density at radius 1 is 1.24 bits per heavy atom. The van der Waals surface area contributed by atoms with Crippen molar-refractivity contribution >= 4 is 34.8 Å². The molecule has 0 aromatic heterocycles. The van der Waals surface area contributed by atoms with E-state index in [4.69, 9.17) is 27.9 Å². The first-order chi connectivity index (χ1) is 12.0. The molecule has 3 rings (SSSR count). The number of halogens is 2. The Bertz CT molecular complexity index is 819. The molecule has 0 bridgehead atoms. The first-order valence-corrected chi connectivity index (χ1v) is 8.78. The van der Waals surface area contributed by atoms with Gasteiger partial charge < -0.3 is 4.74 Å². The van der Waals surface area contributed by atoms with Crippen LogP contribution in [0.15, 0.2) is 47.6 Å². The van der Waals surface area contributed by atoms with Gasteiger partial charge in [-0.3, -0.25) is 4.79 Å². The van der Waals surface area contributed by atoms with E-state index in [1.807, 2.05) is 37.3 Å². The van der Waals surface area contributed by atoms with E-state index in [1.54, 1.807) is 24.3 Å². The molecule has 2 aromatic rings. The van der Waals surface area contributed by atoms with Crippen LogP contribution in [-0.4, -0.2) is 23.7 Å². The maximum absolute atomic E-state index is 12.4. The van der Waals surface area contributed by atoms with E-state index >= 15 is 0 Å². The normalized spacial score (nSPS) is 16.7. The number of hydrazone groups is 1. The summed E-state index contributed by atoms with van der Waals surface area (Å²) >= 11 is 12.3. The van der Waals surface area contributed by atoms with Gasteiger partial charge in [-0.1, -0.05) is 48.3 Å². The van der Waals surface area contributed by atoms with Crippen molar-refractivity contribution in [2.75, 3.05) is 7.11 Å². The van der Waals surface area contributed by atoms with E-state index in [2.05, 4.69) is 5.10 Å². The first kappa shape index (κ1) is 17.8. The third-order valence-electron chi connectivity index (χ3n) is 4.21. The van der Waals surface area contributed by atoms with Crippen LogP contribution in [0.25, 0.3) is 0 Å². The molecule has 0 unspecified atom stereocenters. The highest BCUT2D eigenvalue weighted by Crippen LogP contribution is 2.35. The molecule has 130 valence electrons. The minimum atomic E-state index is -0.153. The van der Waals surface area contributed by atoms with Crippen LogP contribution in [0.2, 0.25) is 10.0 Å². The van der Waals surface area contributed by atoms with Crippen molar-refractivity contribution in [1.82, 2.24) is 5.01 Å². The number of nitrogens with zero attached hydrogens (tertiary/aromatic N) is 2. The third kappa shape index (κ3) is 3.65. The summed E-state index contributed by atoms with van der Waals surface area (Å²) in [7, 11) is 1.63. The van der Waals surface area contributed by atoms with Gasteiger partial charge in [0.05, 0.1) is 23.9 Å². The molecule has 2 aromatic carbocycles. The number of hydrogen-bond donors (Lipinski definition) is 0. The number of benzene rings is 2. The lowest BCUT2D eigenvalue weighted by molar-refractivity contribution is -0.132. The van der Waals surface area contributed by atoms with Crippen molar-refractivity contribution in [2.45, 2.75) is 25.8 Å². The number of carbonyl (C=O) groups excluding carboxylic acids is 1. The van der Waals surface area contributed by atoms with Crippen LogP contribution < -0.4 is 4.74 Å². The summed E-state index contributed by atoms with van der Waals surface area (Å²) in [6.07, 6.45) is 0.983. The average Bonchev–Trinajstić information content (AvgIpc) is 3.06. The maximum Gasteiger partial charge on any atom is 0.242 e. The van der Waals surface area contributed by atoms with Crippen molar-refractivity contribution in [2.24, 2.45) is 5.10 Å². The molecule has 1 atom stereocenters. The highest BCUT2D eigenvalue weighted by atomic mass is 35.5. The predicted molar refractivity (Wildman–Crippen MR) is 100 cm³/mol. The van der Waals surface area contributed by atoms with Crippen molar-refractivity contribution in [1.29, 1.82) is 0 Å². The van der Waals surface area contributed by atoms with Gasteiger partial charge in [0.2, 0.25) is 5.91 Å². The summed E-state index contributed by atoms with van der Waals surface area (Å²) in [5.74, 6) is 0.748. The van der Waals surface area contributed by atoms with E-state index in [0.717, 1.165) is 22.6 Å². The number of amides is 1. The van der Waals surface area contributed by atoms with E-state index < -0.39 is 0 Å². The molecule has 0 aliphatic carbocycles. The number of methoxy groups -OCH3 is 1. The number of ether oxygens (including phenoxy) is 1. The minimum Gasteiger partial charge on any atom is -0.497 e. The largest absolute Gasteiger partial charge is 0.497 e. The predicted octanol–water partition coefficient (Wildman–Crippen LogP) is 5.09. The molecule has 1 aliphatic rings. The van der Waals surface area contributed by atoms with E-state index in [9.17, 15) is 4.79 Å². The Labute approximate surface area is 157 Å². The van der Waals surface area contributed by atoms with Crippen molar-refractivity contribution in [3.05, 3.63) is 63.6 Å². The number of carbonyl (C=O) groups is 1. The second kappa shape index (κ2) is 7.46. The fourth-order valence-electron chi connectivity index (χ4n) is 2.87. The summed E-state index contributed by atoms with van der Waals surface area (Å²) in [5, 5.41) is 7.22. The lowest BCUT2D eigenvalue weighted by Crippen LogP contribution is -2.26. The van der Waals surface area contributed by atoms with E-state index in [-0.39, 0.29) is 11.9 Å². The van der Waals surface area contributed by atoms with Crippen molar-refractivity contribution in [3.8, 4) is 5.75 Å². The highest BCUT2D eigenvalue weighted by molar-refractivity contribution is 6.37. The molecule has 0 N–H and O–H groups in total. The summed E-state index contributed by atoms with van der Waals surface area (Å²) in [4.78, 5) is 12.4. The van der Waals surface area contributed by atoms with Crippen molar-refractivity contribution < 1.29 is 9.53 Å². The van der Waals surface area contributed by atoms with Gasteiger partial charge in [-0.15, -0.1) is 0 Å². The van der Waals surface area contributed by atoms with E-state index in [0.29, 0.717) is 22.9 Å². The van der Waals surface area contributed by atoms with Crippen LogP contribution in [0, 0.1) is 0 Å². The monoisotopic (exact) mass is 376 g/mol. The van der Waals surface area contributed by atoms with Crippen LogP contribution in [0.1, 0.15) is 36.9 Å². The summed E-state index contributed by atoms with van der Waals surface area (Å²) in [6.45, 7) is 1.83. The average molecular weight is 377 g/mol. The fourth-order valence-corrected chi connectivity index (χ4v) is 3.39. The van der Waals surface area contributed by atoms with Crippen LogP contribution >= 0.6 is 23.2 Å². The summed E-state index contributed by atoms with van der Waals surface area (Å²) < 4.78 is 5.21. The van der Waals surface area contributed by atoms with Crippen LogP contribution in [-0.2, 0) is 4.79 Å². The van der Waals surface area contributed by atoms with Crippen molar-refractivity contribution in [3.63, 3.8) is 0 Å². The second-order valence-electron chi connectivity index (χ2n) is 5.76. The second-order valence-corrected chi connectivity index (χ2v) is 6.60. The summed E-state index contributed by atoms with van der Waals surface area (Å²) in [6, 6.07) is 12.8.